The highest BCUT2D eigenvalue weighted by Crippen LogP contribution is 2.16. The highest BCUT2D eigenvalue weighted by Gasteiger charge is 2.16. The van der Waals surface area contributed by atoms with Crippen LogP contribution in [0.4, 0.5) is 0 Å². The van der Waals surface area contributed by atoms with Crippen molar-refractivity contribution in [2.24, 2.45) is 0 Å². The average molecular weight is 634 g/mol. The van der Waals surface area contributed by atoms with Crippen LogP contribution in [0.3, 0.4) is 0 Å². The summed E-state index contributed by atoms with van der Waals surface area (Å²) >= 11 is 0. The number of allylic oxidation sites excluding steroid dienone is 2. The number of carbonyl (C=O) groups is 1. The summed E-state index contributed by atoms with van der Waals surface area (Å²) in [4.78, 5) is 12.3. The first-order valence-electron chi connectivity index (χ1n) is 20.7. The third-order valence-corrected chi connectivity index (χ3v) is 9.73. The maximum atomic E-state index is 12.3. The Hall–Kier alpha value is -0.830. The molecule has 3 nitrogen and oxygen atoms in total. The van der Waals surface area contributed by atoms with E-state index in [1.807, 2.05) is 6.92 Å². The summed E-state index contributed by atoms with van der Waals surface area (Å²) in [6.07, 6.45) is 48.5. The molecule has 0 unspecified atom stereocenters. The number of unbranched alkanes of at least 4 members (excludes halogenated alkanes) is 29. The largest absolute Gasteiger partial charge is 0.391 e. The normalized spacial score (nSPS) is 13.1. The molecule has 0 aliphatic carbocycles. The van der Waals surface area contributed by atoms with E-state index in [4.69, 9.17) is 0 Å². The van der Waals surface area contributed by atoms with E-state index in [-0.39, 0.29) is 11.9 Å². The number of hydrogen-bond acceptors (Lipinski definition) is 2. The highest BCUT2D eigenvalue weighted by atomic mass is 16.3. The van der Waals surface area contributed by atoms with Crippen LogP contribution in [0.25, 0.3) is 0 Å². The molecule has 0 saturated heterocycles. The zero-order valence-corrected chi connectivity index (χ0v) is 31.2. The Bertz CT molecular complexity index is 604. The number of aliphatic hydroxyl groups excluding tert-OH is 1. The van der Waals surface area contributed by atoms with Gasteiger partial charge in [0.15, 0.2) is 0 Å². The number of amides is 1. The molecule has 0 heterocycles. The molecular formula is C42H83NO2. The smallest absolute Gasteiger partial charge is 0.220 e. The second kappa shape index (κ2) is 37.6. The number of hydrogen-bond donors (Lipinski definition) is 2. The van der Waals surface area contributed by atoms with Crippen LogP contribution < -0.4 is 5.32 Å². The quantitative estimate of drug-likeness (QED) is 0.0528. The van der Waals surface area contributed by atoms with Crippen molar-refractivity contribution in [2.45, 2.75) is 251 Å². The van der Waals surface area contributed by atoms with Crippen LogP contribution in [0.1, 0.15) is 239 Å². The summed E-state index contributed by atoms with van der Waals surface area (Å²) in [6.45, 7) is 6.52. The maximum absolute atomic E-state index is 12.3. The summed E-state index contributed by atoms with van der Waals surface area (Å²) < 4.78 is 0. The minimum Gasteiger partial charge on any atom is -0.391 e. The van der Waals surface area contributed by atoms with E-state index in [2.05, 4.69) is 31.3 Å². The molecular weight excluding hydrogens is 550 g/mol. The fraction of sp³-hybridized carbons (Fsp3) is 0.929. The third-order valence-electron chi connectivity index (χ3n) is 9.73. The lowest BCUT2D eigenvalue weighted by Gasteiger charge is -2.20. The Morgan fingerprint density at radius 1 is 0.489 bits per heavy atom. The van der Waals surface area contributed by atoms with Gasteiger partial charge in [-0.05, 0) is 45.4 Å². The lowest BCUT2D eigenvalue weighted by Crippen LogP contribution is -2.41. The van der Waals surface area contributed by atoms with E-state index in [0.29, 0.717) is 6.42 Å². The molecule has 2 N–H and O–H groups in total. The number of rotatable bonds is 37. The van der Waals surface area contributed by atoms with Gasteiger partial charge in [0.25, 0.3) is 0 Å². The molecule has 0 aromatic rings. The summed E-state index contributed by atoms with van der Waals surface area (Å²) in [5.41, 5.74) is 0. The van der Waals surface area contributed by atoms with Gasteiger partial charge in [-0.15, -0.1) is 0 Å². The fourth-order valence-electron chi connectivity index (χ4n) is 6.46. The third kappa shape index (κ3) is 35.9. The lowest BCUT2D eigenvalue weighted by molar-refractivity contribution is -0.122. The molecule has 0 bridgehead atoms. The van der Waals surface area contributed by atoms with Crippen molar-refractivity contribution in [1.82, 2.24) is 5.32 Å². The Morgan fingerprint density at radius 3 is 1.18 bits per heavy atom. The van der Waals surface area contributed by atoms with Crippen LogP contribution in [-0.2, 0) is 4.79 Å². The molecule has 0 aromatic heterocycles. The van der Waals surface area contributed by atoms with E-state index < -0.39 is 6.10 Å². The van der Waals surface area contributed by atoms with Crippen LogP contribution in [0.15, 0.2) is 12.2 Å². The van der Waals surface area contributed by atoms with E-state index >= 15 is 0 Å². The molecule has 45 heavy (non-hydrogen) atoms. The number of nitrogens with one attached hydrogen (secondary N) is 1. The van der Waals surface area contributed by atoms with Crippen LogP contribution in [0, 0.1) is 0 Å². The average Bonchev–Trinajstić information content (AvgIpc) is 3.03. The maximum Gasteiger partial charge on any atom is 0.220 e. The first kappa shape index (κ1) is 44.2. The highest BCUT2D eigenvalue weighted by molar-refractivity contribution is 5.76. The van der Waals surface area contributed by atoms with Crippen LogP contribution in [0.5, 0.6) is 0 Å². The summed E-state index contributed by atoms with van der Waals surface area (Å²) in [6, 6.07) is -0.138. The van der Waals surface area contributed by atoms with Gasteiger partial charge in [0.2, 0.25) is 5.91 Å². The summed E-state index contributed by atoms with van der Waals surface area (Å²) in [7, 11) is 0. The first-order valence-corrected chi connectivity index (χ1v) is 20.7. The molecule has 0 aromatic carbocycles. The zero-order chi connectivity index (χ0) is 32.9. The molecule has 3 heteroatoms. The molecule has 1 amide bonds. The lowest BCUT2D eigenvalue weighted by atomic mass is 10.0. The van der Waals surface area contributed by atoms with Crippen molar-refractivity contribution in [3.05, 3.63) is 12.2 Å². The molecule has 0 aliphatic rings. The van der Waals surface area contributed by atoms with Gasteiger partial charge in [0.1, 0.15) is 0 Å². The molecule has 0 radical (unpaired) electrons. The van der Waals surface area contributed by atoms with Crippen molar-refractivity contribution >= 4 is 5.91 Å². The van der Waals surface area contributed by atoms with Crippen molar-refractivity contribution in [2.75, 3.05) is 0 Å². The van der Waals surface area contributed by atoms with Gasteiger partial charge in [-0.1, -0.05) is 199 Å². The first-order chi connectivity index (χ1) is 22.1. The van der Waals surface area contributed by atoms with Gasteiger partial charge in [-0.3, -0.25) is 4.79 Å². The minimum absolute atomic E-state index is 0.111. The van der Waals surface area contributed by atoms with Gasteiger partial charge in [0.05, 0.1) is 12.1 Å². The number of aliphatic hydroxyl groups is 1. The monoisotopic (exact) mass is 634 g/mol. The van der Waals surface area contributed by atoms with Gasteiger partial charge in [-0.25, -0.2) is 0 Å². The zero-order valence-electron chi connectivity index (χ0n) is 31.2. The van der Waals surface area contributed by atoms with Crippen LogP contribution >= 0.6 is 0 Å². The van der Waals surface area contributed by atoms with Crippen molar-refractivity contribution < 1.29 is 9.90 Å². The summed E-state index contributed by atoms with van der Waals surface area (Å²) in [5, 5.41) is 13.5. The van der Waals surface area contributed by atoms with Crippen molar-refractivity contribution in [3.8, 4) is 0 Å². The Labute approximate surface area is 284 Å². The Kier molecular flexibility index (Phi) is 36.9. The molecule has 0 spiro atoms. The number of carbonyl (C=O) groups excluding carboxylic acids is 1. The van der Waals surface area contributed by atoms with E-state index in [1.54, 1.807) is 0 Å². The summed E-state index contributed by atoms with van der Waals surface area (Å²) in [5.74, 6) is 0.111. The van der Waals surface area contributed by atoms with Gasteiger partial charge in [0, 0.05) is 6.42 Å². The molecule has 0 saturated carbocycles. The fourth-order valence-corrected chi connectivity index (χ4v) is 6.46. The van der Waals surface area contributed by atoms with Crippen LogP contribution in [-0.4, -0.2) is 23.2 Å². The molecule has 0 aliphatic heterocycles. The van der Waals surface area contributed by atoms with Gasteiger partial charge in [-0.2, -0.15) is 0 Å². The van der Waals surface area contributed by atoms with Gasteiger partial charge >= 0.3 is 0 Å². The Balaban J connectivity index is 3.39. The molecule has 0 rings (SSSR count). The molecule has 0 fully saturated rings. The van der Waals surface area contributed by atoms with Crippen molar-refractivity contribution in [3.63, 3.8) is 0 Å². The Morgan fingerprint density at radius 2 is 0.800 bits per heavy atom. The standard InChI is InChI=1S/C42H83NO2/c1-4-6-8-10-12-14-16-18-19-20-21-22-23-24-25-27-29-31-33-35-37-39-42(45)43-40(3)41(44)38-36-34-32-30-28-26-17-15-13-11-9-7-5-2/h18-19,40-41,44H,4-17,20-39H2,1-3H3,(H,43,45)/b19-18-/t40-,41+/m0/s1. The molecule has 2 atom stereocenters. The predicted molar refractivity (Wildman–Crippen MR) is 201 cm³/mol. The second-order valence-corrected chi connectivity index (χ2v) is 14.4. The van der Waals surface area contributed by atoms with E-state index in [9.17, 15) is 9.90 Å². The minimum atomic E-state index is -0.418. The SMILES string of the molecule is CCCCCCCC/C=C\CCCCCCCCCCCCCC(=O)N[C@@H](C)[C@H](O)CCCCCCCCCCCCCCC. The van der Waals surface area contributed by atoms with E-state index in [1.165, 1.54) is 186 Å². The predicted octanol–water partition coefficient (Wildman–Crippen LogP) is 13.7. The van der Waals surface area contributed by atoms with Crippen molar-refractivity contribution in [1.29, 1.82) is 0 Å². The van der Waals surface area contributed by atoms with E-state index in [0.717, 1.165) is 25.7 Å². The topological polar surface area (TPSA) is 49.3 Å². The second-order valence-electron chi connectivity index (χ2n) is 14.4. The van der Waals surface area contributed by atoms with Crippen LogP contribution in [0.2, 0.25) is 0 Å². The molecule has 268 valence electrons. The van der Waals surface area contributed by atoms with Gasteiger partial charge < -0.3 is 10.4 Å².